The van der Waals surface area contributed by atoms with Gasteiger partial charge in [-0.15, -0.1) is 0 Å². The van der Waals surface area contributed by atoms with Gasteiger partial charge in [0.2, 0.25) is 0 Å². The first-order valence-electron chi connectivity index (χ1n) is 8.48. The first-order valence-corrected chi connectivity index (χ1v) is 8.48. The number of nitrogens with one attached hydrogen (secondary N) is 1. The monoisotopic (exact) mass is 404 g/mol. The maximum Gasteiger partial charge on any atom is 0.309 e. The molecule has 0 saturated heterocycles. The zero-order chi connectivity index (χ0) is 21.2. The third-order valence-corrected chi connectivity index (χ3v) is 3.67. The SMILES string of the molecule is COc1cc([N+](=O)[O-])ccc1NC(=O)COC(=O)CCOc1ccccc1OC. The number of esters is 1. The molecule has 10 nitrogen and oxygen atoms in total. The van der Waals surface area contributed by atoms with Gasteiger partial charge in [0.1, 0.15) is 5.75 Å². The van der Waals surface area contributed by atoms with Crippen LogP contribution in [0.2, 0.25) is 0 Å². The molecule has 0 fully saturated rings. The summed E-state index contributed by atoms with van der Waals surface area (Å²) in [5, 5.41) is 13.2. The second-order valence-electron chi connectivity index (χ2n) is 5.60. The van der Waals surface area contributed by atoms with Gasteiger partial charge in [0, 0.05) is 6.07 Å². The molecular weight excluding hydrogens is 384 g/mol. The second-order valence-corrected chi connectivity index (χ2v) is 5.60. The van der Waals surface area contributed by atoms with Crippen LogP contribution in [-0.2, 0) is 14.3 Å². The van der Waals surface area contributed by atoms with Crippen LogP contribution >= 0.6 is 0 Å². The highest BCUT2D eigenvalue weighted by molar-refractivity contribution is 5.94. The Morgan fingerprint density at radius 2 is 1.72 bits per heavy atom. The number of para-hydroxylation sites is 2. The van der Waals surface area contributed by atoms with E-state index in [0.717, 1.165) is 0 Å². The highest BCUT2D eigenvalue weighted by Gasteiger charge is 2.15. The molecule has 29 heavy (non-hydrogen) atoms. The smallest absolute Gasteiger partial charge is 0.309 e. The van der Waals surface area contributed by atoms with E-state index in [-0.39, 0.29) is 30.2 Å². The van der Waals surface area contributed by atoms with Gasteiger partial charge in [0.05, 0.1) is 43.9 Å². The molecule has 154 valence electrons. The van der Waals surface area contributed by atoms with E-state index >= 15 is 0 Å². The van der Waals surface area contributed by atoms with E-state index in [0.29, 0.717) is 11.5 Å². The summed E-state index contributed by atoms with van der Waals surface area (Å²) in [6, 6.07) is 10.7. The average Bonchev–Trinajstić information content (AvgIpc) is 2.72. The van der Waals surface area contributed by atoms with Crippen molar-refractivity contribution in [2.45, 2.75) is 6.42 Å². The van der Waals surface area contributed by atoms with Crippen molar-refractivity contribution in [3.05, 3.63) is 52.6 Å². The number of anilines is 1. The second kappa shape index (κ2) is 10.5. The number of nitro benzene ring substituents is 1. The number of benzene rings is 2. The fourth-order valence-corrected chi connectivity index (χ4v) is 2.28. The fourth-order valence-electron chi connectivity index (χ4n) is 2.28. The van der Waals surface area contributed by atoms with Crippen LogP contribution in [0.5, 0.6) is 17.2 Å². The van der Waals surface area contributed by atoms with E-state index < -0.39 is 23.4 Å². The first-order chi connectivity index (χ1) is 13.9. The first kappa shape index (κ1) is 21.5. The van der Waals surface area contributed by atoms with Crippen molar-refractivity contribution in [3.63, 3.8) is 0 Å². The predicted molar refractivity (Wildman–Crippen MR) is 102 cm³/mol. The molecular formula is C19H20N2O8. The summed E-state index contributed by atoms with van der Waals surface area (Å²) in [7, 11) is 2.82. The third kappa shape index (κ3) is 6.38. The molecule has 0 spiro atoms. The van der Waals surface area contributed by atoms with Gasteiger partial charge in [-0.25, -0.2) is 0 Å². The molecule has 0 radical (unpaired) electrons. The number of rotatable bonds is 10. The number of hydrogen-bond donors (Lipinski definition) is 1. The van der Waals surface area contributed by atoms with Gasteiger partial charge >= 0.3 is 5.97 Å². The molecule has 0 aliphatic heterocycles. The Hall–Kier alpha value is -3.82. The summed E-state index contributed by atoms with van der Waals surface area (Å²) in [5.41, 5.74) is 0.0416. The highest BCUT2D eigenvalue weighted by atomic mass is 16.6. The minimum Gasteiger partial charge on any atom is -0.494 e. The van der Waals surface area contributed by atoms with Crippen LogP contribution in [0.25, 0.3) is 0 Å². The Morgan fingerprint density at radius 1 is 1.03 bits per heavy atom. The number of hydrogen-bond acceptors (Lipinski definition) is 8. The van der Waals surface area contributed by atoms with Crippen molar-refractivity contribution in [2.75, 3.05) is 32.8 Å². The van der Waals surface area contributed by atoms with Crippen molar-refractivity contribution in [2.24, 2.45) is 0 Å². The maximum absolute atomic E-state index is 12.0. The van der Waals surface area contributed by atoms with Gasteiger partial charge in [-0.05, 0) is 18.2 Å². The van der Waals surface area contributed by atoms with Gasteiger partial charge in [0.25, 0.3) is 11.6 Å². The number of ether oxygens (including phenoxy) is 4. The van der Waals surface area contributed by atoms with E-state index in [9.17, 15) is 19.7 Å². The number of amides is 1. The number of nitrogens with zero attached hydrogens (tertiary/aromatic N) is 1. The maximum atomic E-state index is 12.0. The molecule has 0 heterocycles. The molecule has 0 saturated carbocycles. The Morgan fingerprint density at radius 3 is 2.38 bits per heavy atom. The van der Waals surface area contributed by atoms with Gasteiger partial charge in [-0.2, -0.15) is 0 Å². The molecule has 0 atom stereocenters. The highest BCUT2D eigenvalue weighted by Crippen LogP contribution is 2.29. The Balaban J connectivity index is 1.78. The van der Waals surface area contributed by atoms with E-state index in [1.807, 2.05) is 0 Å². The standard InChI is InChI=1S/C19H20N2O8/c1-26-15-5-3-4-6-16(15)28-10-9-19(23)29-12-18(22)20-14-8-7-13(21(24)25)11-17(14)27-2/h3-8,11H,9-10,12H2,1-2H3,(H,20,22). The molecule has 10 heteroatoms. The largest absolute Gasteiger partial charge is 0.494 e. The molecule has 2 rings (SSSR count). The summed E-state index contributed by atoms with van der Waals surface area (Å²) in [6.07, 6.45) is -0.0633. The van der Waals surface area contributed by atoms with Crippen LogP contribution in [0.3, 0.4) is 0 Å². The number of nitro groups is 1. The molecule has 2 aromatic carbocycles. The summed E-state index contributed by atoms with van der Waals surface area (Å²) in [4.78, 5) is 33.9. The Kier molecular flexibility index (Phi) is 7.78. The number of carbonyl (C=O) groups is 2. The Labute approximate surface area is 166 Å². The van der Waals surface area contributed by atoms with Crippen molar-refractivity contribution in [1.29, 1.82) is 0 Å². The fraction of sp³-hybridized carbons (Fsp3) is 0.263. The van der Waals surface area contributed by atoms with Crippen LogP contribution in [0.15, 0.2) is 42.5 Å². The van der Waals surface area contributed by atoms with Crippen molar-refractivity contribution >= 4 is 23.3 Å². The average molecular weight is 404 g/mol. The molecule has 0 aliphatic rings. The van der Waals surface area contributed by atoms with Crippen molar-refractivity contribution in [3.8, 4) is 17.2 Å². The minimum atomic E-state index is -0.620. The zero-order valence-electron chi connectivity index (χ0n) is 15.9. The minimum absolute atomic E-state index is 0.0526. The zero-order valence-corrected chi connectivity index (χ0v) is 15.9. The van der Waals surface area contributed by atoms with Crippen LogP contribution < -0.4 is 19.5 Å². The lowest BCUT2D eigenvalue weighted by atomic mass is 10.2. The normalized spacial score (nSPS) is 10.0. The lowest BCUT2D eigenvalue weighted by molar-refractivity contribution is -0.384. The predicted octanol–water partition coefficient (Wildman–Crippen LogP) is 2.56. The molecule has 0 aliphatic carbocycles. The summed E-state index contributed by atoms with van der Waals surface area (Å²) in [5.74, 6) is -0.0888. The van der Waals surface area contributed by atoms with Crippen molar-refractivity contribution < 1.29 is 33.5 Å². The molecule has 0 bridgehead atoms. The van der Waals surface area contributed by atoms with Crippen LogP contribution in [0.1, 0.15) is 6.42 Å². The quantitative estimate of drug-likeness (QED) is 0.364. The van der Waals surface area contributed by atoms with Gasteiger partial charge in [-0.3, -0.25) is 19.7 Å². The number of carbonyl (C=O) groups excluding carboxylic acids is 2. The summed E-state index contributed by atoms with van der Waals surface area (Å²) in [6.45, 7) is -0.468. The van der Waals surface area contributed by atoms with Crippen LogP contribution in [-0.4, -0.2) is 44.2 Å². The molecule has 0 aromatic heterocycles. The van der Waals surface area contributed by atoms with E-state index in [2.05, 4.69) is 5.32 Å². The summed E-state index contributed by atoms with van der Waals surface area (Å²) < 4.78 is 20.5. The van der Waals surface area contributed by atoms with Gasteiger partial charge in [-0.1, -0.05) is 12.1 Å². The number of methoxy groups -OCH3 is 2. The molecule has 1 N–H and O–H groups in total. The van der Waals surface area contributed by atoms with Gasteiger partial charge in [0.15, 0.2) is 18.1 Å². The summed E-state index contributed by atoms with van der Waals surface area (Å²) >= 11 is 0. The lowest BCUT2D eigenvalue weighted by Gasteiger charge is -2.11. The molecule has 1 amide bonds. The van der Waals surface area contributed by atoms with Crippen LogP contribution in [0, 0.1) is 10.1 Å². The Bertz CT molecular complexity index is 884. The van der Waals surface area contributed by atoms with E-state index in [1.54, 1.807) is 24.3 Å². The third-order valence-electron chi connectivity index (χ3n) is 3.67. The van der Waals surface area contributed by atoms with E-state index in [4.69, 9.17) is 18.9 Å². The lowest BCUT2D eigenvalue weighted by Crippen LogP contribution is -2.22. The molecule has 0 unspecified atom stereocenters. The molecule has 2 aromatic rings. The van der Waals surface area contributed by atoms with Gasteiger partial charge < -0.3 is 24.3 Å². The van der Waals surface area contributed by atoms with E-state index in [1.165, 1.54) is 32.4 Å². The number of non-ortho nitro benzene ring substituents is 1. The van der Waals surface area contributed by atoms with Crippen molar-refractivity contribution in [1.82, 2.24) is 0 Å². The van der Waals surface area contributed by atoms with Crippen LogP contribution in [0.4, 0.5) is 11.4 Å². The topological polar surface area (TPSA) is 126 Å².